The number of benzene rings is 1. The molecular weight excluding hydrogens is 722 g/mol. The smallest absolute Gasteiger partial charge is 0.243 e. The van der Waals surface area contributed by atoms with Crippen LogP contribution in [-0.2, 0) is 28.8 Å². The van der Waals surface area contributed by atoms with E-state index < -0.39 is 65.2 Å². The molecule has 56 heavy (non-hydrogen) atoms. The normalized spacial score (nSPS) is 22.9. The van der Waals surface area contributed by atoms with Gasteiger partial charge in [0, 0.05) is 32.0 Å². The van der Waals surface area contributed by atoms with Gasteiger partial charge in [-0.05, 0) is 68.4 Å². The van der Waals surface area contributed by atoms with Crippen LogP contribution in [0, 0.1) is 16.7 Å². The first-order valence-corrected chi connectivity index (χ1v) is 19.9. The third-order valence-electron chi connectivity index (χ3n) is 10.5. The van der Waals surface area contributed by atoms with Crippen molar-refractivity contribution in [3.63, 3.8) is 0 Å². The molecule has 1 aromatic carbocycles. The summed E-state index contributed by atoms with van der Waals surface area (Å²) in [5.74, 6) is -2.65. The maximum Gasteiger partial charge on any atom is 0.243 e. The summed E-state index contributed by atoms with van der Waals surface area (Å²) >= 11 is 0. The molecule has 0 aromatic heterocycles. The molecule has 4 rings (SSSR count). The molecule has 17 heteroatoms. The molecule has 17 nitrogen and oxygen atoms in total. The molecule has 0 spiro atoms. The van der Waals surface area contributed by atoms with Gasteiger partial charge in [-0.15, -0.1) is 0 Å². The van der Waals surface area contributed by atoms with Gasteiger partial charge in [-0.3, -0.25) is 34.2 Å². The lowest BCUT2D eigenvalue weighted by molar-refractivity contribution is -0.140. The van der Waals surface area contributed by atoms with E-state index in [1.165, 1.54) is 0 Å². The Morgan fingerprint density at radius 2 is 1.61 bits per heavy atom. The minimum atomic E-state index is -1.21. The Morgan fingerprint density at radius 3 is 2.27 bits per heavy atom. The van der Waals surface area contributed by atoms with Crippen LogP contribution in [0.2, 0.25) is 0 Å². The molecule has 10 N–H and O–H groups in total. The van der Waals surface area contributed by atoms with Crippen LogP contribution in [-0.4, -0.2) is 103 Å². The molecule has 3 aliphatic rings. The summed E-state index contributed by atoms with van der Waals surface area (Å²) in [5, 5.41) is 21.4. The highest BCUT2D eigenvalue weighted by atomic mass is 16.5. The largest absolute Gasteiger partial charge is 0.493 e. The average molecular weight is 784 g/mol. The van der Waals surface area contributed by atoms with Crippen LogP contribution in [0.25, 0.3) is 0 Å². The van der Waals surface area contributed by atoms with Gasteiger partial charge >= 0.3 is 0 Å². The van der Waals surface area contributed by atoms with Crippen LogP contribution < -0.4 is 47.5 Å². The molecule has 5 atom stereocenters. The number of rotatable bonds is 10. The third-order valence-corrected chi connectivity index (χ3v) is 10.5. The zero-order valence-electron chi connectivity index (χ0n) is 33.0. The third kappa shape index (κ3) is 13.0. The van der Waals surface area contributed by atoms with Gasteiger partial charge in [0.05, 0.1) is 13.2 Å². The van der Waals surface area contributed by atoms with Gasteiger partial charge in [0.1, 0.15) is 41.7 Å². The highest BCUT2D eigenvalue weighted by Crippen LogP contribution is 2.28. The number of ether oxygens (including phenoxy) is 2. The lowest BCUT2D eigenvalue weighted by Crippen LogP contribution is -2.61. The van der Waals surface area contributed by atoms with Crippen LogP contribution in [0.5, 0.6) is 11.5 Å². The van der Waals surface area contributed by atoms with Crippen molar-refractivity contribution in [3.05, 3.63) is 24.3 Å². The predicted octanol–water partition coefficient (Wildman–Crippen LogP) is 0.933. The molecule has 2 fully saturated rings. The zero-order valence-corrected chi connectivity index (χ0v) is 33.0. The summed E-state index contributed by atoms with van der Waals surface area (Å²) in [5.41, 5.74) is 10.3. The fraction of sp³-hybridized carbons (Fsp3) is 0.667. The molecule has 2 aliphatic heterocycles. The maximum absolute atomic E-state index is 14.3. The Labute approximate surface area is 329 Å². The van der Waals surface area contributed by atoms with Gasteiger partial charge in [-0.2, -0.15) is 0 Å². The van der Waals surface area contributed by atoms with Gasteiger partial charge in [-0.25, -0.2) is 0 Å². The fourth-order valence-electron chi connectivity index (χ4n) is 7.52. The lowest BCUT2D eigenvalue weighted by Gasteiger charge is -2.33. The summed E-state index contributed by atoms with van der Waals surface area (Å²) < 4.78 is 11.9. The molecule has 0 radical (unpaired) electrons. The van der Waals surface area contributed by atoms with Gasteiger partial charge in [-0.1, -0.05) is 46.1 Å². The quantitative estimate of drug-likeness (QED) is 0.0946. The Balaban J connectivity index is 1.63. The van der Waals surface area contributed by atoms with Crippen molar-refractivity contribution in [2.24, 2.45) is 22.8 Å². The molecular formula is C39H61N9O8. The van der Waals surface area contributed by atoms with Crippen LogP contribution in [0.15, 0.2) is 24.3 Å². The van der Waals surface area contributed by atoms with Crippen molar-refractivity contribution in [1.29, 1.82) is 5.41 Å². The van der Waals surface area contributed by atoms with Crippen LogP contribution in [0.3, 0.4) is 0 Å². The number of nitrogens with zero attached hydrogens (tertiary/aromatic N) is 1. The number of nitrogens with two attached hydrogens (primary N) is 2. The Morgan fingerprint density at radius 1 is 0.911 bits per heavy atom. The molecule has 6 amide bonds. The maximum atomic E-state index is 14.3. The van der Waals surface area contributed by atoms with E-state index in [9.17, 15) is 28.8 Å². The topological polar surface area (TPSA) is 260 Å². The molecule has 2 bridgehead atoms. The molecule has 1 aromatic rings. The highest BCUT2D eigenvalue weighted by molar-refractivity contribution is 5.96. The molecule has 1 aliphatic carbocycles. The van der Waals surface area contributed by atoms with Gasteiger partial charge in [0.2, 0.25) is 35.4 Å². The zero-order chi connectivity index (χ0) is 40.8. The molecule has 1 saturated carbocycles. The first-order valence-electron chi connectivity index (χ1n) is 19.9. The van der Waals surface area contributed by atoms with E-state index in [0.29, 0.717) is 56.6 Å². The predicted molar refractivity (Wildman–Crippen MR) is 208 cm³/mol. The van der Waals surface area contributed by atoms with Crippen LogP contribution in [0.4, 0.5) is 0 Å². The standard InChI is InChI=1S/C39H61N9O8/c1-39(2,3)32(33(40)50)47-35(52)27(15-8-19-43-38(41)42)44-34(51)28-18-22-56-26-14-7-13-25(23-26)55-21-10-17-30(49)48-20-9-16-29(48)36(53)46-31(37(54)45-28)24-11-5-4-6-12-24/h7,13-14,23-24,27-29,31-32H,4-6,8-12,15-22H2,1-3H3,(H2,40,50)(H,44,51)(H,45,54)(H,46,53)(H,47,52)(H4,41,42,43)/t27-,28-,29-,31-,32+/m0/s1. The van der Waals surface area contributed by atoms with Crippen molar-refractivity contribution in [1.82, 2.24) is 31.5 Å². The van der Waals surface area contributed by atoms with E-state index in [4.69, 9.17) is 26.4 Å². The summed E-state index contributed by atoms with van der Waals surface area (Å²) in [6.45, 7) is 6.18. The molecule has 310 valence electrons. The second-order valence-corrected chi connectivity index (χ2v) is 16.0. The minimum absolute atomic E-state index is 0.00890. The monoisotopic (exact) mass is 783 g/mol. The van der Waals surface area contributed by atoms with Crippen molar-refractivity contribution in [2.45, 2.75) is 128 Å². The highest BCUT2D eigenvalue weighted by Gasteiger charge is 2.40. The van der Waals surface area contributed by atoms with Gasteiger partial charge < -0.3 is 52.4 Å². The minimum Gasteiger partial charge on any atom is -0.493 e. The summed E-state index contributed by atoms with van der Waals surface area (Å²) in [6.07, 6.45) is 6.35. The van der Waals surface area contributed by atoms with Crippen molar-refractivity contribution in [2.75, 3.05) is 26.3 Å². The first kappa shape index (κ1) is 43.6. The summed E-state index contributed by atoms with van der Waals surface area (Å²) in [6, 6.07) is 1.83. The number of carbonyl (C=O) groups is 6. The second kappa shape index (κ2) is 20.7. The number of primary amides is 1. The van der Waals surface area contributed by atoms with E-state index in [1.807, 2.05) is 0 Å². The number of carbonyl (C=O) groups excluding carboxylic acids is 6. The first-order chi connectivity index (χ1) is 26.6. The molecule has 1 saturated heterocycles. The number of nitrogens with one attached hydrogen (secondary N) is 6. The summed E-state index contributed by atoms with van der Waals surface area (Å²) in [7, 11) is 0. The van der Waals surface area contributed by atoms with Crippen LogP contribution in [0.1, 0.15) is 97.8 Å². The Hall–Kier alpha value is -5.09. The number of hydrogen-bond acceptors (Lipinski definition) is 9. The van der Waals surface area contributed by atoms with Gasteiger partial charge in [0.25, 0.3) is 0 Å². The van der Waals surface area contributed by atoms with E-state index >= 15 is 0 Å². The van der Waals surface area contributed by atoms with Crippen molar-refractivity contribution >= 4 is 41.4 Å². The second-order valence-electron chi connectivity index (χ2n) is 16.0. The van der Waals surface area contributed by atoms with E-state index in [0.717, 1.165) is 19.3 Å². The SMILES string of the molecule is CC(C)(C)[C@H](NC(=O)[C@H](CCCNC(=N)N)NC(=O)[C@@H]1CCOc2cccc(c2)OCCCC(=O)N2CCC[C@H]2C(=O)N[C@@H](C2CCCCC2)C(=O)N1)C(N)=O. The van der Waals surface area contributed by atoms with Crippen molar-refractivity contribution < 1.29 is 38.2 Å². The van der Waals surface area contributed by atoms with Crippen molar-refractivity contribution in [3.8, 4) is 11.5 Å². The molecule has 0 unspecified atom stereocenters. The van der Waals surface area contributed by atoms with Gasteiger partial charge in [0.15, 0.2) is 5.96 Å². The molecule has 2 heterocycles. The Bertz CT molecular complexity index is 1560. The number of fused-ring (bicyclic) bond motifs is 3. The summed E-state index contributed by atoms with van der Waals surface area (Å²) in [4.78, 5) is 83.4. The van der Waals surface area contributed by atoms with E-state index in [2.05, 4.69) is 26.6 Å². The number of guanidine groups is 1. The average Bonchev–Trinajstić information content (AvgIpc) is 3.65. The number of hydrogen-bond donors (Lipinski definition) is 8. The van der Waals surface area contributed by atoms with E-state index in [-0.39, 0.29) is 56.8 Å². The number of amides is 6. The fourth-order valence-corrected chi connectivity index (χ4v) is 7.52. The van der Waals surface area contributed by atoms with E-state index in [1.54, 1.807) is 49.9 Å². The Kier molecular flexibility index (Phi) is 16.1. The van der Waals surface area contributed by atoms with Crippen LogP contribution >= 0.6 is 0 Å². The lowest BCUT2D eigenvalue weighted by atomic mass is 9.83.